The van der Waals surface area contributed by atoms with E-state index in [9.17, 15) is 4.79 Å². The first-order valence-electron chi connectivity index (χ1n) is 5.60. The predicted octanol–water partition coefficient (Wildman–Crippen LogP) is 2.01. The lowest BCUT2D eigenvalue weighted by Gasteiger charge is -2.01. The average Bonchev–Trinajstić information content (AvgIpc) is 2.47. The van der Waals surface area contributed by atoms with Gasteiger partial charge in [0.1, 0.15) is 10.3 Å². The van der Waals surface area contributed by atoms with Gasteiger partial charge in [-0.15, -0.1) is 0 Å². The van der Waals surface area contributed by atoms with E-state index in [1.54, 1.807) is 0 Å². The zero-order chi connectivity index (χ0) is 12.0. The SMILES string of the molecule is Cn1c2c(c3ccc(Br)nc31)C(=O)NCCC2. The van der Waals surface area contributed by atoms with E-state index in [0.717, 1.165) is 46.3 Å². The Morgan fingerprint density at radius 2 is 2.29 bits per heavy atom. The summed E-state index contributed by atoms with van der Waals surface area (Å²) in [5, 5.41) is 3.86. The Kier molecular flexibility index (Phi) is 2.43. The Morgan fingerprint density at radius 3 is 3.12 bits per heavy atom. The average molecular weight is 294 g/mol. The van der Waals surface area contributed by atoms with Crippen molar-refractivity contribution in [2.75, 3.05) is 6.54 Å². The lowest BCUT2D eigenvalue weighted by Crippen LogP contribution is -2.22. The Bertz CT molecular complexity index is 618. The number of carbonyl (C=O) groups is 1. The van der Waals surface area contributed by atoms with Crippen molar-refractivity contribution in [3.8, 4) is 0 Å². The third-order valence-corrected chi connectivity index (χ3v) is 3.67. The quantitative estimate of drug-likeness (QED) is 0.756. The smallest absolute Gasteiger partial charge is 0.253 e. The number of hydrogen-bond acceptors (Lipinski definition) is 2. The van der Waals surface area contributed by atoms with Crippen LogP contribution in [-0.2, 0) is 13.5 Å². The van der Waals surface area contributed by atoms with Gasteiger partial charge in [0, 0.05) is 24.7 Å². The normalized spacial score (nSPS) is 15.5. The van der Waals surface area contributed by atoms with Crippen molar-refractivity contribution in [3.63, 3.8) is 0 Å². The first kappa shape index (κ1) is 10.8. The van der Waals surface area contributed by atoms with E-state index < -0.39 is 0 Å². The maximum atomic E-state index is 12.1. The Hall–Kier alpha value is -1.36. The number of nitrogens with one attached hydrogen (secondary N) is 1. The van der Waals surface area contributed by atoms with Gasteiger partial charge in [0.25, 0.3) is 5.91 Å². The highest BCUT2D eigenvalue weighted by atomic mass is 79.9. The van der Waals surface area contributed by atoms with Crippen molar-refractivity contribution < 1.29 is 4.79 Å². The van der Waals surface area contributed by atoms with Crippen LogP contribution in [0.15, 0.2) is 16.7 Å². The zero-order valence-corrected chi connectivity index (χ0v) is 11.0. The molecule has 0 aromatic carbocycles. The van der Waals surface area contributed by atoms with Crippen molar-refractivity contribution >= 4 is 32.9 Å². The lowest BCUT2D eigenvalue weighted by atomic mass is 10.1. The monoisotopic (exact) mass is 293 g/mol. The summed E-state index contributed by atoms with van der Waals surface area (Å²) in [5.41, 5.74) is 2.74. The van der Waals surface area contributed by atoms with E-state index in [1.807, 2.05) is 23.7 Å². The summed E-state index contributed by atoms with van der Waals surface area (Å²) in [6, 6.07) is 3.83. The second kappa shape index (κ2) is 3.84. The van der Waals surface area contributed by atoms with Crippen LogP contribution in [0.2, 0.25) is 0 Å². The summed E-state index contributed by atoms with van der Waals surface area (Å²) in [5.74, 6) is 0.0206. The van der Waals surface area contributed by atoms with Gasteiger partial charge in [-0.2, -0.15) is 0 Å². The fourth-order valence-corrected chi connectivity index (χ4v) is 2.72. The molecule has 3 heterocycles. The number of nitrogens with zero attached hydrogens (tertiary/aromatic N) is 2. The summed E-state index contributed by atoms with van der Waals surface area (Å²) in [4.78, 5) is 16.5. The topological polar surface area (TPSA) is 46.9 Å². The number of carbonyl (C=O) groups excluding carboxylic acids is 1. The van der Waals surface area contributed by atoms with E-state index >= 15 is 0 Å². The second-order valence-electron chi connectivity index (χ2n) is 4.25. The zero-order valence-electron chi connectivity index (χ0n) is 9.46. The van der Waals surface area contributed by atoms with Gasteiger partial charge in [0.05, 0.1) is 5.56 Å². The number of pyridine rings is 1. The van der Waals surface area contributed by atoms with Gasteiger partial charge in [-0.3, -0.25) is 4.79 Å². The van der Waals surface area contributed by atoms with Crippen LogP contribution >= 0.6 is 15.9 Å². The molecule has 0 saturated heterocycles. The van der Waals surface area contributed by atoms with E-state index in [2.05, 4.69) is 26.2 Å². The molecule has 0 saturated carbocycles. The van der Waals surface area contributed by atoms with E-state index in [4.69, 9.17) is 0 Å². The second-order valence-corrected chi connectivity index (χ2v) is 5.06. The number of aromatic nitrogens is 2. The molecule has 4 nitrogen and oxygen atoms in total. The number of halogens is 1. The molecule has 2 aromatic rings. The largest absolute Gasteiger partial charge is 0.352 e. The third-order valence-electron chi connectivity index (χ3n) is 3.22. The molecule has 17 heavy (non-hydrogen) atoms. The number of rotatable bonds is 0. The van der Waals surface area contributed by atoms with Crippen LogP contribution in [0, 0.1) is 0 Å². The molecule has 1 N–H and O–H groups in total. The molecule has 0 fully saturated rings. The van der Waals surface area contributed by atoms with E-state index in [-0.39, 0.29) is 5.91 Å². The minimum atomic E-state index is 0.0206. The molecule has 3 rings (SSSR count). The molecule has 0 bridgehead atoms. The van der Waals surface area contributed by atoms with Gasteiger partial charge in [-0.05, 0) is 40.9 Å². The molecule has 0 unspecified atom stereocenters. The van der Waals surface area contributed by atoms with Crippen LogP contribution in [-0.4, -0.2) is 22.0 Å². The molecule has 0 aliphatic carbocycles. The van der Waals surface area contributed by atoms with Crippen molar-refractivity contribution in [1.29, 1.82) is 0 Å². The number of fused-ring (bicyclic) bond motifs is 3. The van der Waals surface area contributed by atoms with Gasteiger partial charge in [0.2, 0.25) is 0 Å². The summed E-state index contributed by atoms with van der Waals surface area (Å²) in [6.45, 7) is 0.749. The minimum Gasteiger partial charge on any atom is -0.352 e. The first-order valence-corrected chi connectivity index (χ1v) is 6.40. The van der Waals surface area contributed by atoms with Crippen LogP contribution in [0.3, 0.4) is 0 Å². The number of aryl methyl sites for hydroxylation is 1. The predicted molar refractivity (Wildman–Crippen MR) is 69.1 cm³/mol. The van der Waals surface area contributed by atoms with Gasteiger partial charge in [0.15, 0.2) is 0 Å². The molecule has 1 amide bonds. The van der Waals surface area contributed by atoms with Crippen LogP contribution in [0.5, 0.6) is 0 Å². The molecule has 0 radical (unpaired) electrons. The molecule has 5 heteroatoms. The maximum Gasteiger partial charge on any atom is 0.253 e. The van der Waals surface area contributed by atoms with Crippen LogP contribution in [0.25, 0.3) is 11.0 Å². The van der Waals surface area contributed by atoms with Gasteiger partial charge >= 0.3 is 0 Å². The number of hydrogen-bond donors (Lipinski definition) is 1. The fourth-order valence-electron chi connectivity index (χ4n) is 2.42. The van der Waals surface area contributed by atoms with Crippen molar-refractivity contribution in [3.05, 3.63) is 28.0 Å². The summed E-state index contributed by atoms with van der Waals surface area (Å²) < 4.78 is 2.82. The van der Waals surface area contributed by atoms with Crippen molar-refractivity contribution in [1.82, 2.24) is 14.9 Å². The highest BCUT2D eigenvalue weighted by Gasteiger charge is 2.23. The number of amides is 1. The minimum absolute atomic E-state index is 0.0206. The Balaban J connectivity index is 2.38. The van der Waals surface area contributed by atoms with Gasteiger partial charge < -0.3 is 9.88 Å². The first-order chi connectivity index (χ1) is 8.18. The highest BCUT2D eigenvalue weighted by Crippen LogP contribution is 2.27. The molecule has 0 atom stereocenters. The molecule has 2 aromatic heterocycles. The fraction of sp³-hybridized carbons (Fsp3) is 0.333. The molecule has 1 aliphatic heterocycles. The van der Waals surface area contributed by atoms with E-state index in [0.29, 0.717) is 0 Å². The summed E-state index contributed by atoms with van der Waals surface area (Å²) in [7, 11) is 1.97. The van der Waals surface area contributed by atoms with Gasteiger partial charge in [-0.25, -0.2) is 4.98 Å². The molecular weight excluding hydrogens is 282 g/mol. The van der Waals surface area contributed by atoms with Crippen LogP contribution in [0.4, 0.5) is 0 Å². The van der Waals surface area contributed by atoms with Gasteiger partial charge in [-0.1, -0.05) is 0 Å². The molecular formula is C12H12BrN3O. The lowest BCUT2D eigenvalue weighted by molar-refractivity contribution is 0.0957. The van der Waals surface area contributed by atoms with Crippen molar-refractivity contribution in [2.24, 2.45) is 7.05 Å². The summed E-state index contributed by atoms with van der Waals surface area (Å²) >= 11 is 3.37. The molecule has 88 valence electrons. The maximum absolute atomic E-state index is 12.1. The van der Waals surface area contributed by atoms with Crippen LogP contribution in [0.1, 0.15) is 22.5 Å². The van der Waals surface area contributed by atoms with Crippen LogP contribution < -0.4 is 5.32 Å². The third kappa shape index (κ3) is 1.57. The Labute approximate surface area is 107 Å². The Morgan fingerprint density at radius 1 is 1.47 bits per heavy atom. The molecule has 0 spiro atoms. The highest BCUT2D eigenvalue weighted by molar-refractivity contribution is 9.10. The van der Waals surface area contributed by atoms with E-state index in [1.165, 1.54) is 0 Å². The molecule has 1 aliphatic rings. The standard InChI is InChI=1S/C12H12BrN3O/c1-16-8-3-2-6-14-12(17)10(8)7-4-5-9(13)15-11(7)16/h4-5H,2-3,6H2,1H3,(H,14,17). The summed E-state index contributed by atoms with van der Waals surface area (Å²) in [6.07, 6.45) is 1.89. The van der Waals surface area contributed by atoms with Crippen molar-refractivity contribution in [2.45, 2.75) is 12.8 Å².